The summed E-state index contributed by atoms with van der Waals surface area (Å²) in [6, 6.07) is 8.60. The van der Waals surface area contributed by atoms with E-state index < -0.39 is 0 Å². The van der Waals surface area contributed by atoms with Crippen molar-refractivity contribution in [3.63, 3.8) is 0 Å². The van der Waals surface area contributed by atoms with E-state index in [1.807, 2.05) is 24.0 Å². The van der Waals surface area contributed by atoms with Crippen LogP contribution in [0.1, 0.15) is 37.7 Å². The lowest BCUT2D eigenvalue weighted by molar-refractivity contribution is -0.135. The highest BCUT2D eigenvalue weighted by Crippen LogP contribution is 2.48. The summed E-state index contributed by atoms with van der Waals surface area (Å²) in [5, 5.41) is 3.08. The molecule has 1 saturated heterocycles. The summed E-state index contributed by atoms with van der Waals surface area (Å²) < 4.78 is 1.07. The van der Waals surface area contributed by atoms with E-state index >= 15 is 0 Å². The van der Waals surface area contributed by atoms with Crippen molar-refractivity contribution in [3.8, 4) is 0 Å². The first kappa shape index (κ1) is 18.0. The number of carbonyl (C=O) groups excluding carboxylic acids is 2. The molecule has 3 aliphatic rings. The van der Waals surface area contributed by atoms with Gasteiger partial charge in [-0.2, -0.15) is 0 Å². The minimum atomic E-state index is -0.107. The average molecular weight is 420 g/mol. The third-order valence-corrected chi connectivity index (χ3v) is 6.41. The van der Waals surface area contributed by atoms with Crippen LogP contribution in [0.15, 0.2) is 28.7 Å². The largest absolute Gasteiger partial charge is 0.352 e. The minimum absolute atomic E-state index is 0.107. The molecule has 2 saturated carbocycles. The Morgan fingerprint density at radius 1 is 1.12 bits per heavy atom. The lowest BCUT2D eigenvalue weighted by Crippen LogP contribution is -2.55. The molecular formula is C20H26BrN3O2. The van der Waals surface area contributed by atoms with Crippen LogP contribution in [-0.2, 0) is 9.59 Å². The maximum Gasteiger partial charge on any atom is 0.237 e. The van der Waals surface area contributed by atoms with Gasteiger partial charge in [-0.05, 0) is 49.8 Å². The zero-order chi connectivity index (χ0) is 18.3. The summed E-state index contributed by atoms with van der Waals surface area (Å²) in [7, 11) is 0. The van der Waals surface area contributed by atoms with Crippen molar-refractivity contribution in [2.24, 2.45) is 5.92 Å². The van der Waals surface area contributed by atoms with Crippen molar-refractivity contribution in [1.82, 2.24) is 15.1 Å². The highest BCUT2D eigenvalue weighted by Gasteiger charge is 2.46. The van der Waals surface area contributed by atoms with Crippen molar-refractivity contribution in [2.75, 3.05) is 26.2 Å². The molecule has 3 atom stereocenters. The van der Waals surface area contributed by atoms with Crippen molar-refractivity contribution in [2.45, 2.75) is 44.2 Å². The third kappa shape index (κ3) is 3.96. The van der Waals surface area contributed by atoms with Crippen LogP contribution in [0.5, 0.6) is 0 Å². The lowest BCUT2D eigenvalue weighted by Gasteiger charge is -2.37. The quantitative estimate of drug-likeness (QED) is 0.796. The molecule has 5 nitrogen and oxygen atoms in total. The predicted molar refractivity (Wildman–Crippen MR) is 104 cm³/mol. The van der Waals surface area contributed by atoms with Gasteiger partial charge < -0.3 is 10.2 Å². The SMILES string of the molecule is CC(C(=O)NC1CC1)N1CCN(C(=O)C2CC2c2ccc(Br)cc2)CC1. The minimum Gasteiger partial charge on any atom is -0.352 e. The molecule has 1 aliphatic heterocycles. The summed E-state index contributed by atoms with van der Waals surface area (Å²) in [5.41, 5.74) is 1.26. The Balaban J connectivity index is 1.26. The van der Waals surface area contributed by atoms with Crippen LogP contribution in [0.25, 0.3) is 0 Å². The second-order valence-electron chi connectivity index (χ2n) is 7.82. The number of hydrogen-bond acceptors (Lipinski definition) is 3. The first-order chi connectivity index (χ1) is 12.5. The van der Waals surface area contributed by atoms with Gasteiger partial charge in [0.1, 0.15) is 0 Å². The molecule has 26 heavy (non-hydrogen) atoms. The van der Waals surface area contributed by atoms with Gasteiger partial charge in [-0.3, -0.25) is 14.5 Å². The highest BCUT2D eigenvalue weighted by molar-refractivity contribution is 9.10. The average Bonchev–Trinajstić information content (AvgIpc) is 3.56. The van der Waals surface area contributed by atoms with E-state index in [0.717, 1.165) is 49.9 Å². The molecule has 1 N–H and O–H groups in total. The van der Waals surface area contributed by atoms with Crippen LogP contribution in [0, 0.1) is 5.92 Å². The summed E-state index contributed by atoms with van der Waals surface area (Å²) in [5.74, 6) is 0.924. The van der Waals surface area contributed by atoms with Gasteiger partial charge in [-0.1, -0.05) is 28.1 Å². The van der Waals surface area contributed by atoms with Crippen LogP contribution in [0.4, 0.5) is 0 Å². The number of hydrogen-bond donors (Lipinski definition) is 1. The van der Waals surface area contributed by atoms with Crippen molar-refractivity contribution in [1.29, 1.82) is 0 Å². The summed E-state index contributed by atoms with van der Waals surface area (Å²) in [6.45, 7) is 4.98. The van der Waals surface area contributed by atoms with E-state index in [2.05, 4.69) is 38.3 Å². The van der Waals surface area contributed by atoms with Crippen LogP contribution in [0.3, 0.4) is 0 Å². The molecule has 0 spiro atoms. The van der Waals surface area contributed by atoms with E-state index in [1.54, 1.807) is 0 Å². The van der Waals surface area contributed by atoms with Gasteiger partial charge in [-0.15, -0.1) is 0 Å². The maximum atomic E-state index is 12.8. The molecule has 4 rings (SSSR count). The van der Waals surface area contributed by atoms with Gasteiger partial charge in [0.15, 0.2) is 0 Å². The number of rotatable bonds is 5. The van der Waals surface area contributed by atoms with Crippen LogP contribution < -0.4 is 5.32 Å². The molecule has 1 aromatic carbocycles. The molecule has 3 fully saturated rings. The van der Waals surface area contributed by atoms with Gasteiger partial charge in [0.25, 0.3) is 0 Å². The first-order valence-electron chi connectivity index (χ1n) is 9.61. The van der Waals surface area contributed by atoms with Gasteiger partial charge >= 0.3 is 0 Å². The Hall–Kier alpha value is -1.40. The number of nitrogens with one attached hydrogen (secondary N) is 1. The molecule has 0 aromatic heterocycles. The molecule has 1 aromatic rings. The smallest absolute Gasteiger partial charge is 0.237 e. The fraction of sp³-hybridized carbons (Fsp3) is 0.600. The molecule has 3 unspecified atom stereocenters. The Morgan fingerprint density at radius 2 is 1.77 bits per heavy atom. The monoisotopic (exact) mass is 419 g/mol. The normalized spacial score (nSPS) is 27.1. The highest BCUT2D eigenvalue weighted by atomic mass is 79.9. The Kier molecular flexibility index (Phi) is 5.06. The molecule has 2 aliphatic carbocycles. The fourth-order valence-electron chi connectivity index (χ4n) is 3.83. The van der Waals surface area contributed by atoms with E-state index in [-0.39, 0.29) is 23.8 Å². The second kappa shape index (κ2) is 7.31. The fourth-order valence-corrected chi connectivity index (χ4v) is 4.09. The zero-order valence-electron chi connectivity index (χ0n) is 15.2. The summed E-state index contributed by atoms with van der Waals surface area (Å²) in [6.07, 6.45) is 3.18. The van der Waals surface area contributed by atoms with E-state index in [0.29, 0.717) is 12.0 Å². The Morgan fingerprint density at radius 3 is 2.38 bits per heavy atom. The summed E-state index contributed by atoms with van der Waals surface area (Å²) >= 11 is 3.46. The number of piperazine rings is 1. The Labute approximate surface area is 163 Å². The molecule has 2 amide bonds. The first-order valence-corrected chi connectivity index (χ1v) is 10.4. The van der Waals surface area contributed by atoms with Gasteiger partial charge in [0.2, 0.25) is 11.8 Å². The van der Waals surface area contributed by atoms with E-state index in [9.17, 15) is 9.59 Å². The number of benzene rings is 1. The zero-order valence-corrected chi connectivity index (χ0v) is 16.7. The number of amides is 2. The lowest BCUT2D eigenvalue weighted by atomic mass is 10.1. The second-order valence-corrected chi connectivity index (χ2v) is 8.74. The van der Waals surface area contributed by atoms with Gasteiger partial charge in [0, 0.05) is 42.6 Å². The number of nitrogens with zero attached hydrogens (tertiary/aromatic N) is 2. The van der Waals surface area contributed by atoms with Crippen LogP contribution in [-0.4, -0.2) is 59.9 Å². The molecule has 0 radical (unpaired) electrons. The summed E-state index contributed by atoms with van der Waals surface area (Å²) in [4.78, 5) is 29.2. The van der Waals surface area contributed by atoms with E-state index in [1.165, 1.54) is 5.56 Å². The third-order valence-electron chi connectivity index (χ3n) is 5.88. The van der Waals surface area contributed by atoms with Crippen molar-refractivity contribution in [3.05, 3.63) is 34.3 Å². The van der Waals surface area contributed by atoms with Crippen molar-refractivity contribution < 1.29 is 9.59 Å². The van der Waals surface area contributed by atoms with E-state index in [4.69, 9.17) is 0 Å². The van der Waals surface area contributed by atoms with Gasteiger partial charge in [-0.25, -0.2) is 0 Å². The predicted octanol–water partition coefficient (Wildman–Crippen LogP) is 2.36. The van der Waals surface area contributed by atoms with Gasteiger partial charge in [0.05, 0.1) is 6.04 Å². The maximum absolute atomic E-state index is 12.8. The Bertz CT molecular complexity index is 681. The standard InChI is InChI=1S/C20H26BrN3O2/c1-13(19(25)22-16-6-7-16)23-8-10-24(11-9-23)20(26)18-12-17(18)14-2-4-15(21)5-3-14/h2-5,13,16-18H,6-12H2,1H3,(H,22,25). The topological polar surface area (TPSA) is 52.7 Å². The molecular weight excluding hydrogens is 394 g/mol. The number of halogens is 1. The molecule has 1 heterocycles. The molecule has 140 valence electrons. The molecule has 0 bridgehead atoms. The number of carbonyl (C=O) groups is 2. The van der Waals surface area contributed by atoms with Crippen molar-refractivity contribution >= 4 is 27.7 Å². The van der Waals surface area contributed by atoms with Crippen LogP contribution in [0.2, 0.25) is 0 Å². The van der Waals surface area contributed by atoms with Crippen LogP contribution >= 0.6 is 15.9 Å². The molecule has 6 heteroatoms.